The summed E-state index contributed by atoms with van der Waals surface area (Å²) in [5.41, 5.74) is 0. The third kappa shape index (κ3) is 2.94. The van der Waals surface area contributed by atoms with E-state index >= 15 is 0 Å². The van der Waals surface area contributed by atoms with E-state index in [0.29, 0.717) is 0 Å². The first-order valence-electron chi connectivity index (χ1n) is 3.08. The zero-order valence-electron chi connectivity index (χ0n) is 5.82. The molecular formula is C6H4Cl4Si2. The second-order valence-electron chi connectivity index (χ2n) is 2.10. The summed E-state index contributed by atoms with van der Waals surface area (Å²) in [5.74, 6) is 0. The molecule has 0 saturated carbocycles. The molecule has 64 valence electrons. The molecule has 0 heterocycles. The summed E-state index contributed by atoms with van der Waals surface area (Å²) in [6.07, 6.45) is 0. The van der Waals surface area contributed by atoms with E-state index in [0.717, 1.165) is 10.4 Å². The van der Waals surface area contributed by atoms with Crippen LogP contribution >= 0.6 is 44.3 Å². The van der Waals surface area contributed by atoms with E-state index in [1.54, 1.807) is 0 Å². The second-order valence-corrected chi connectivity index (χ2v) is 9.99. The van der Waals surface area contributed by atoms with Crippen molar-refractivity contribution in [2.24, 2.45) is 0 Å². The molecule has 0 aliphatic heterocycles. The molecule has 12 heavy (non-hydrogen) atoms. The quantitative estimate of drug-likeness (QED) is 0.572. The summed E-state index contributed by atoms with van der Waals surface area (Å²) in [5, 5.41) is 1.92. The van der Waals surface area contributed by atoms with Gasteiger partial charge in [-0.3, -0.25) is 0 Å². The molecule has 6 heteroatoms. The molecule has 1 rings (SSSR count). The van der Waals surface area contributed by atoms with Gasteiger partial charge in [-0.25, -0.2) is 0 Å². The van der Waals surface area contributed by atoms with E-state index in [9.17, 15) is 0 Å². The Morgan fingerprint density at radius 1 is 0.667 bits per heavy atom. The minimum Gasteiger partial charge on any atom is -0.140 e. The highest BCUT2D eigenvalue weighted by molar-refractivity contribution is 7.40. The molecule has 0 nitrogen and oxygen atoms in total. The molecular weight excluding hydrogens is 270 g/mol. The molecule has 0 bridgehead atoms. The Hall–Kier alpha value is 0.814. The van der Waals surface area contributed by atoms with Crippen LogP contribution in [0.4, 0.5) is 0 Å². The minimum absolute atomic E-state index is 0.962. The van der Waals surface area contributed by atoms with Gasteiger partial charge >= 0.3 is 14.8 Å². The molecule has 2 radical (unpaired) electrons. The lowest BCUT2D eigenvalue weighted by Gasteiger charge is -2.01. The number of halogens is 4. The zero-order chi connectivity index (χ0) is 9.14. The minimum atomic E-state index is -1.38. The van der Waals surface area contributed by atoms with Crippen molar-refractivity contribution < 1.29 is 0 Å². The Morgan fingerprint density at radius 2 is 0.917 bits per heavy atom. The van der Waals surface area contributed by atoms with E-state index in [4.69, 9.17) is 44.3 Å². The maximum atomic E-state index is 5.74. The van der Waals surface area contributed by atoms with Gasteiger partial charge in [0, 0.05) is 0 Å². The van der Waals surface area contributed by atoms with Crippen LogP contribution in [0, 0.1) is 0 Å². The summed E-state index contributed by atoms with van der Waals surface area (Å²) >= 11 is 23.0. The van der Waals surface area contributed by atoms with Gasteiger partial charge in [-0.2, -0.15) is 0 Å². The topological polar surface area (TPSA) is 0 Å². The molecule has 0 N–H and O–H groups in total. The van der Waals surface area contributed by atoms with Crippen molar-refractivity contribution in [1.82, 2.24) is 0 Å². The van der Waals surface area contributed by atoms with Crippen LogP contribution in [0.1, 0.15) is 0 Å². The molecule has 0 unspecified atom stereocenters. The first-order valence-corrected chi connectivity index (χ1v) is 10.1. The molecule has 0 aromatic heterocycles. The Balaban J connectivity index is 2.86. The normalized spacial score (nSPS) is 11.2. The summed E-state index contributed by atoms with van der Waals surface area (Å²) in [6.45, 7) is 0. The SMILES string of the molecule is Cl[Si](Cl)c1ccc([Si](Cl)Cl)cc1. The van der Waals surface area contributed by atoms with Gasteiger partial charge in [0.25, 0.3) is 0 Å². The van der Waals surface area contributed by atoms with Gasteiger partial charge < -0.3 is 0 Å². The van der Waals surface area contributed by atoms with Crippen molar-refractivity contribution in [2.45, 2.75) is 0 Å². The maximum absolute atomic E-state index is 5.74. The average Bonchev–Trinajstić information content (AvgIpc) is 2.04. The highest BCUT2D eigenvalue weighted by atomic mass is 35.7. The van der Waals surface area contributed by atoms with E-state index in [1.165, 1.54) is 0 Å². The lowest BCUT2D eigenvalue weighted by molar-refractivity contribution is 1.84. The Morgan fingerprint density at radius 3 is 1.08 bits per heavy atom. The Labute approximate surface area is 93.4 Å². The third-order valence-electron chi connectivity index (χ3n) is 1.32. The molecule has 0 atom stereocenters. The van der Waals surface area contributed by atoms with Gasteiger partial charge in [-0.15, -0.1) is 44.3 Å². The predicted octanol–water partition coefficient (Wildman–Crippen LogP) is 2.03. The van der Waals surface area contributed by atoms with Crippen molar-refractivity contribution in [3.63, 3.8) is 0 Å². The van der Waals surface area contributed by atoms with E-state index < -0.39 is 14.8 Å². The highest BCUT2D eigenvalue weighted by Gasteiger charge is 2.10. The summed E-state index contributed by atoms with van der Waals surface area (Å²) in [4.78, 5) is 0. The van der Waals surface area contributed by atoms with Gasteiger partial charge in [0.2, 0.25) is 0 Å². The van der Waals surface area contributed by atoms with Gasteiger partial charge in [-0.05, 0) is 10.4 Å². The molecule has 0 saturated heterocycles. The summed E-state index contributed by atoms with van der Waals surface area (Å²) in [7, 11) is -2.77. The van der Waals surface area contributed by atoms with Crippen LogP contribution in [0.5, 0.6) is 0 Å². The Bertz CT molecular complexity index is 219. The fourth-order valence-corrected chi connectivity index (χ4v) is 3.07. The van der Waals surface area contributed by atoms with Crippen LogP contribution in [0.15, 0.2) is 24.3 Å². The molecule has 0 fully saturated rings. The summed E-state index contributed by atoms with van der Waals surface area (Å²) in [6, 6.07) is 7.50. The maximum Gasteiger partial charge on any atom is 0.307 e. The monoisotopic (exact) mass is 272 g/mol. The third-order valence-corrected chi connectivity index (χ3v) is 5.48. The fourth-order valence-electron chi connectivity index (χ4n) is 0.722. The lowest BCUT2D eigenvalue weighted by Crippen LogP contribution is -2.24. The van der Waals surface area contributed by atoms with Crippen LogP contribution in [0.3, 0.4) is 0 Å². The van der Waals surface area contributed by atoms with Crippen LogP contribution in [0.2, 0.25) is 0 Å². The van der Waals surface area contributed by atoms with Gasteiger partial charge in [0.1, 0.15) is 0 Å². The Kier molecular flexibility index (Phi) is 4.44. The van der Waals surface area contributed by atoms with Crippen LogP contribution < -0.4 is 10.4 Å². The first kappa shape index (κ1) is 10.9. The van der Waals surface area contributed by atoms with Crippen molar-refractivity contribution in [2.75, 3.05) is 0 Å². The van der Waals surface area contributed by atoms with E-state index in [-0.39, 0.29) is 0 Å². The molecule has 0 amide bonds. The standard InChI is InChI=1S/C6H4Cl4Si2/c7-11(8)5-1-2-6(4-3-5)12(9)10/h1-4H. The van der Waals surface area contributed by atoms with Crippen molar-refractivity contribution >= 4 is 69.5 Å². The summed E-state index contributed by atoms with van der Waals surface area (Å²) < 4.78 is 0. The molecule has 1 aromatic rings. The molecule has 0 aliphatic rings. The van der Waals surface area contributed by atoms with Gasteiger partial charge in [-0.1, -0.05) is 24.3 Å². The fraction of sp³-hybridized carbons (Fsp3) is 0. The second kappa shape index (κ2) is 4.89. The predicted molar refractivity (Wildman–Crippen MR) is 60.6 cm³/mol. The molecule has 0 aliphatic carbocycles. The highest BCUT2D eigenvalue weighted by Crippen LogP contribution is 1.99. The van der Waals surface area contributed by atoms with E-state index in [1.807, 2.05) is 24.3 Å². The van der Waals surface area contributed by atoms with E-state index in [2.05, 4.69) is 0 Å². The van der Waals surface area contributed by atoms with Crippen molar-refractivity contribution in [3.8, 4) is 0 Å². The zero-order valence-corrected chi connectivity index (χ0v) is 10.8. The molecule has 0 spiro atoms. The van der Waals surface area contributed by atoms with Crippen molar-refractivity contribution in [3.05, 3.63) is 24.3 Å². The smallest absolute Gasteiger partial charge is 0.140 e. The number of benzene rings is 1. The van der Waals surface area contributed by atoms with Crippen LogP contribution in [-0.4, -0.2) is 14.8 Å². The number of hydrogen-bond acceptors (Lipinski definition) is 0. The molecule has 1 aromatic carbocycles. The lowest BCUT2D eigenvalue weighted by atomic mass is 10.4. The largest absolute Gasteiger partial charge is 0.307 e. The number of hydrogen-bond donors (Lipinski definition) is 0. The number of rotatable bonds is 2. The van der Waals surface area contributed by atoms with Gasteiger partial charge in [0.15, 0.2) is 0 Å². The first-order chi connectivity index (χ1) is 5.61. The van der Waals surface area contributed by atoms with Crippen LogP contribution in [0.25, 0.3) is 0 Å². The van der Waals surface area contributed by atoms with Gasteiger partial charge in [0.05, 0.1) is 0 Å². The van der Waals surface area contributed by atoms with Crippen molar-refractivity contribution in [1.29, 1.82) is 0 Å². The average molecular weight is 274 g/mol. The van der Waals surface area contributed by atoms with Crippen LogP contribution in [-0.2, 0) is 0 Å².